The van der Waals surface area contributed by atoms with Crippen LogP contribution in [-0.4, -0.2) is 7.05 Å². The summed E-state index contributed by atoms with van der Waals surface area (Å²) in [4.78, 5) is 0. The second-order valence-corrected chi connectivity index (χ2v) is 4.81. The van der Waals surface area contributed by atoms with E-state index in [1.807, 2.05) is 7.05 Å². The summed E-state index contributed by atoms with van der Waals surface area (Å²) < 4.78 is 1.29. The Labute approximate surface area is 94.1 Å². The van der Waals surface area contributed by atoms with Gasteiger partial charge < -0.3 is 5.32 Å². The van der Waals surface area contributed by atoms with Crippen LogP contribution < -0.4 is 5.32 Å². The molecule has 0 aromatic heterocycles. The molecule has 0 amide bonds. The van der Waals surface area contributed by atoms with Gasteiger partial charge in [0.05, 0.1) is 0 Å². The Balaban J connectivity index is 2.86. The Morgan fingerprint density at radius 1 is 1.15 bits per heavy atom. The fourth-order valence-electron chi connectivity index (χ4n) is 1.56. The van der Waals surface area contributed by atoms with Crippen molar-refractivity contribution in [2.45, 2.75) is 19.9 Å². The molecule has 0 fully saturated rings. The molecule has 1 nitrogen and oxygen atoms in total. The Hall–Kier alpha value is -0.0900. The maximum atomic E-state index is 3.33. The van der Waals surface area contributed by atoms with Crippen LogP contribution in [0.4, 0.5) is 0 Å². The third kappa shape index (κ3) is 2.95. The van der Waals surface area contributed by atoms with E-state index in [9.17, 15) is 0 Å². The molecule has 1 aromatic carbocycles. The van der Waals surface area contributed by atoms with E-state index in [0.29, 0.717) is 12.0 Å². The average Bonchev–Trinajstić information content (AvgIpc) is 2.09. The van der Waals surface area contributed by atoms with Gasteiger partial charge >= 0.3 is 0 Å². The van der Waals surface area contributed by atoms with Crippen molar-refractivity contribution in [3.8, 4) is 0 Å². The van der Waals surface area contributed by atoms with Gasteiger partial charge in [0.1, 0.15) is 0 Å². The van der Waals surface area contributed by atoms with Gasteiger partial charge in [-0.15, -0.1) is 0 Å². The summed E-state index contributed by atoms with van der Waals surface area (Å²) in [6, 6.07) is 9.17. The molecule has 13 heavy (non-hydrogen) atoms. The van der Waals surface area contributed by atoms with E-state index in [4.69, 9.17) is 0 Å². The molecular formula is C11H16IN. The number of benzene rings is 1. The minimum absolute atomic E-state index is 0.469. The standard InChI is InChI=1S/C11H16IN/c1-8(2)11(13-3)9-4-6-10(12)7-5-9/h4-8,11,13H,1-3H3. The minimum atomic E-state index is 0.469. The number of nitrogens with one attached hydrogen (secondary N) is 1. The quantitative estimate of drug-likeness (QED) is 0.843. The van der Waals surface area contributed by atoms with Crippen molar-refractivity contribution in [1.29, 1.82) is 0 Å². The molecule has 1 N–H and O–H groups in total. The minimum Gasteiger partial charge on any atom is -0.313 e. The van der Waals surface area contributed by atoms with Crippen LogP contribution in [0.3, 0.4) is 0 Å². The lowest BCUT2D eigenvalue weighted by Gasteiger charge is -2.20. The van der Waals surface area contributed by atoms with E-state index in [-0.39, 0.29) is 0 Å². The molecule has 0 radical (unpaired) electrons. The Bertz CT molecular complexity index is 253. The molecule has 0 saturated carbocycles. The highest BCUT2D eigenvalue weighted by Crippen LogP contribution is 2.21. The molecule has 2 heteroatoms. The number of hydrogen-bond donors (Lipinski definition) is 1. The van der Waals surface area contributed by atoms with Gasteiger partial charge in [0.15, 0.2) is 0 Å². The zero-order valence-electron chi connectivity index (χ0n) is 8.34. The molecule has 1 atom stereocenters. The summed E-state index contributed by atoms with van der Waals surface area (Å²) in [5.74, 6) is 0.630. The van der Waals surface area contributed by atoms with E-state index >= 15 is 0 Å². The average molecular weight is 289 g/mol. The van der Waals surface area contributed by atoms with Crippen molar-refractivity contribution in [3.63, 3.8) is 0 Å². The molecule has 0 saturated heterocycles. The Morgan fingerprint density at radius 3 is 2.08 bits per heavy atom. The van der Waals surface area contributed by atoms with Gasteiger partial charge in [-0.2, -0.15) is 0 Å². The molecule has 0 heterocycles. The van der Waals surface area contributed by atoms with Crippen LogP contribution in [0, 0.1) is 9.49 Å². The topological polar surface area (TPSA) is 12.0 Å². The van der Waals surface area contributed by atoms with E-state index in [1.165, 1.54) is 9.13 Å². The van der Waals surface area contributed by atoms with Gasteiger partial charge in [-0.1, -0.05) is 26.0 Å². The van der Waals surface area contributed by atoms with Crippen molar-refractivity contribution < 1.29 is 0 Å². The SMILES string of the molecule is CNC(c1ccc(I)cc1)C(C)C. The van der Waals surface area contributed by atoms with Gasteiger partial charge in [0.2, 0.25) is 0 Å². The van der Waals surface area contributed by atoms with E-state index < -0.39 is 0 Å². The van der Waals surface area contributed by atoms with Crippen LogP contribution in [0.1, 0.15) is 25.5 Å². The first-order valence-corrected chi connectivity index (χ1v) is 5.65. The molecule has 0 bridgehead atoms. The third-order valence-electron chi connectivity index (χ3n) is 2.21. The predicted molar refractivity (Wildman–Crippen MR) is 65.8 cm³/mol. The highest BCUT2D eigenvalue weighted by Gasteiger charge is 2.12. The monoisotopic (exact) mass is 289 g/mol. The number of hydrogen-bond acceptors (Lipinski definition) is 1. The molecule has 1 unspecified atom stereocenters. The zero-order chi connectivity index (χ0) is 9.84. The van der Waals surface area contributed by atoms with Crippen LogP contribution in [0.2, 0.25) is 0 Å². The second-order valence-electron chi connectivity index (χ2n) is 3.56. The first-order chi connectivity index (χ1) is 6.15. The maximum absolute atomic E-state index is 3.33. The predicted octanol–water partition coefficient (Wildman–Crippen LogP) is 3.21. The molecule has 72 valence electrons. The lowest BCUT2D eigenvalue weighted by atomic mass is 9.96. The molecule has 0 spiro atoms. The van der Waals surface area contributed by atoms with Gasteiger partial charge in [0.25, 0.3) is 0 Å². The van der Waals surface area contributed by atoms with Crippen molar-refractivity contribution in [2.75, 3.05) is 7.05 Å². The highest BCUT2D eigenvalue weighted by atomic mass is 127. The van der Waals surface area contributed by atoms with Crippen LogP contribution in [0.25, 0.3) is 0 Å². The number of halogens is 1. The largest absolute Gasteiger partial charge is 0.313 e. The first kappa shape index (κ1) is 11.0. The summed E-state index contributed by atoms with van der Waals surface area (Å²) in [6.07, 6.45) is 0. The maximum Gasteiger partial charge on any atom is 0.0340 e. The van der Waals surface area contributed by atoms with Gasteiger partial charge in [-0.05, 0) is 53.3 Å². The molecule has 0 aliphatic heterocycles. The molecule has 1 rings (SSSR count). The number of rotatable bonds is 3. The van der Waals surface area contributed by atoms with Crippen LogP contribution >= 0.6 is 22.6 Å². The molecule has 0 aliphatic carbocycles. The second kappa shape index (κ2) is 4.96. The van der Waals surface area contributed by atoms with E-state index in [0.717, 1.165) is 0 Å². The summed E-state index contributed by atoms with van der Waals surface area (Å²) in [5.41, 5.74) is 1.37. The molecule has 1 aromatic rings. The summed E-state index contributed by atoms with van der Waals surface area (Å²) >= 11 is 2.33. The van der Waals surface area contributed by atoms with Crippen molar-refractivity contribution in [2.24, 2.45) is 5.92 Å². The van der Waals surface area contributed by atoms with Crippen molar-refractivity contribution in [3.05, 3.63) is 33.4 Å². The van der Waals surface area contributed by atoms with Crippen LogP contribution in [0.5, 0.6) is 0 Å². The Morgan fingerprint density at radius 2 is 1.69 bits per heavy atom. The molecule has 0 aliphatic rings. The lowest BCUT2D eigenvalue weighted by Crippen LogP contribution is -2.21. The van der Waals surface area contributed by atoms with E-state index in [1.54, 1.807) is 0 Å². The zero-order valence-corrected chi connectivity index (χ0v) is 10.5. The fraction of sp³-hybridized carbons (Fsp3) is 0.455. The summed E-state index contributed by atoms with van der Waals surface area (Å²) in [5, 5.41) is 3.33. The normalized spacial score (nSPS) is 13.3. The summed E-state index contributed by atoms with van der Waals surface area (Å²) in [7, 11) is 2.02. The van der Waals surface area contributed by atoms with Crippen molar-refractivity contribution >= 4 is 22.6 Å². The lowest BCUT2D eigenvalue weighted by molar-refractivity contribution is 0.443. The highest BCUT2D eigenvalue weighted by molar-refractivity contribution is 14.1. The van der Waals surface area contributed by atoms with Crippen molar-refractivity contribution in [1.82, 2.24) is 5.32 Å². The smallest absolute Gasteiger partial charge is 0.0340 e. The first-order valence-electron chi connectivity index (χ1n) is 4.58. The molecular weight excluding hydrogens is 273 g/mol. The van der Waals surface area contributed by atoms with Gasteiger partial charge in [-0.3, -0.25) is 0 Å². The third-order valence-corrected chi connectivity index (χ3v) is 2.93. The van der Waals surface area contributed by atoms with E-state index in [2.05, 4.69) is 66.0 Å². The van der Waals surface area contributed by atoms with Crippen LogP contribution in [-0.2, 0) is 0 Å². The fourth-order valence-corrected chi connectivity index (χ4v) is 1.91. The summed E-state index contributed by atoms with van der Waals surface area (Å²) in [6.45, 7) is 4.47. The van der Waals surface area contributed by atoms with Crippen LogP contribution in [0.15, 0.2) is 24.3 Å². The van der Waals surface area contributed by atoms with Gasteiger partial charge in [-0.25, -0.2) is 0 Å². The van der Waals surface area contributed by atoms with Gasteiger partial charge in [0, 0.05) is 9.61 Å². The Kier molecular flexibility index (Phi) is 4.19.